The molecule has 6 heteroatoms. The lowest BCUT2D eigenvalue weighted by atomic mass is 9.74. The van der Waals surface area contributed by atoms with E-state index < -0.39 is 0 Å². The lowest BCUT2D eigenvalue weighted by Crippen LogP contribution is -2.57. The minimum atomic E-state index is -0.294. The molecule has 2 rings (SSSR count). The highest BCUT2D eigenvalue weighted by atomic mass is 35.5. The van der Waals surface area contributed by atoms with Gasteiger partial charge in [-0.1, -0.05) is 19.8 Å². The smallest absolute Gasteiger partial charge is 0.227 e. The highest BCUT2D eigenvalue weighted by molar-refractivity contribution is 5.85. The van der Waals surface area contributed by atoms with E-state index >= 15 is 0 Å². The number of amides is 1. The van der Waals surface area contributed by atoms with E-state index in [4.69, 9.17) is 5.73 Å². The fraction of sp³-hybridized carbons (Fsp3) is 0.929. The van der Waals surface area contributed by atoms with Gasteiger partial charge in [0, 0.05) is 31.7 Å². The molecule has 0 aromatic rings. The third-order valence-corrected chi connectivity index (χ3v) is 4.68. The van der Waals surface area contributed by atoms with Crippen molar-refractivity contribution in [2.75, 3.05) is 32.7 Å². The van der Waals surface area contributed by atoms with Crippen LogP contribution in [0.15, 0.2) is 0 Å². The first-order chi connectivity index (χ1) is 8.54. The summed E-state index contributed by atoms with van der Waals surface area (Å²) < 4.78 is 0. The minimum Gasteiger partial charge on any atom is -0.340 e. The number of rotatable bonds is 2. The molecule has 20 heavy (non-hydrogen) atoms. The highest BCUT2D eigenvalue weighted by Gasteiger charge is 2.40. The maximum atomic E-state index is 12.6. The second-order valence-corrected chi connectivity index (χ2v) is 6.06. The normalized spacial score (nSPS) is 31.1. The molecule has 1 heterocycles. The Balaban J connectivity index is 0.00000180. The van der Waals surface area contributed by atoms with Gasteiger partial charge in [0.1, 0.15) is 0 Å². The van der Waals surface area contributed by atoms with Crippen LogP contribution in [-0.4, -0.2) is 54.0 Å². The summed E-state index contributed by atoms with van der Waals surface area (Å²) in [4.78, 5) is 17.0. The van der Waals surface area contributed by atoms with Crippen molar-refractivity contribution in [3.8, 4) is 0 Å². The number of nitrogens with two attached hydrogens (primary N) is 1. The standard InChI is InChI=1S/C14H27N3O.2ClH/c1-3-16-8-10-17(11-9-16)13(18)12-6-4-5-7-14(12,2)15;;/h12H,3-11,15H2,1-2H3;2*1H. The van der Waals surface area contributed by atoms with Crippen molar-refractivity contribution < 1.29 is 4.79 Å². The average Bonchev–Trinajstić information content (AvgIpc) is 2.37. The first-order valence-corrected chi connectivity index (χ1v) is 7.34. The van der Waals surface area contributed by atoms with Gasteiger partial charge >= 0.3 is 0 Å². The number of hydrogen-bond acceptors (Lipinski definition) is 3. The lowest BCUT2D eigenvalue weighted by molar-refractivity contribution is -0.140. The van der Waals surface area contributed by atoms with E-state index in [-0.39, 0.29) is 36.3 Å². The molecule has 1 amide bonds. The molecule has 1 saturated carbocycles. The van der Waals surface area contributed by atoms with Crippen molar-refractivity contribution in [2.45, 2.75) is 45.1 Å². The van der Waals surface area contributed by atoms with Gasteiger partial charge in [0.05, 0.1) is 5.92 Å². The molecule has 0 radical (unpaired) electrons. The molecule has 2 aliphatic rings. The van der Waals surface area contributed by atoms with Crippen LogP contribution in [0.25, 0.3) is 0 Å². The van der Waals surface area contributed by atoms with Crippen LogP contribution in [0.2, 0.25) is 0 Å². The number of piperazine rings is 1. The van der Waals surface area contributed by atoms with Gasteiger partial charge in [0.25, 0.3) is 0 Å². The lowest BCUT2D eigenvalue weighted by Gasteiger charge is -2.42. The van der Waals surface area contributed by atoms with Gasteiger partial charge < -0.3 is 15.5 Å². The maximum Gasteiger partial charge on any atom is 0.227 e. The molecule has 0 spiro atoms. The van der Waals surface area contributed by atoms with Crippen molar-refractivity contribution in [1.82, 2.24) is 9.80 Å². The fourth-order valence-electron chi connectivity index (χ4n) is 3.27. The molecule has 1 aliphatic carbocycles. The van der Waals surface area contributed by atoms with Gasteiger partial charge in [-0.3, -0.25) is 4.79 Å². The predicted octanol–water partition coefficient (Wildman–Crippen LogP) is 1.90. The molecular weight excluding hydrogens is 297 g/mol. The van der Waals surface area contributed by atoms with Gasteiger partial charge in [-0.2, -0.15) is 0 Å². The summed E-state index contributed by atoms with van der Waals surface area (Å²) in [6, 6.07) is 0. The Morgan fingerprint density at radius 2 is 1.80 bits per heavy atom. The first kappa shape index (κ1) is 20.0. The largest absolute Gasteiger partial charge is 0.340 e. The molecule has 1 saturated heterocycles. The Morgan fingerprint density at radius 3 is 2.30 bits per heavy atom. The molecule has 1 aliphatic heterocycles. The van der Waals surface area contributed by atoms with Crippen LogP contribution < -0.4 is 5.73 Å². The SMILES string of the molecule is CCN1CCN(C(=O)C2CCCCC2(C)N)CC1.Cl.Cl. The zero-order valence-corrected chi connectivity index (χ0v) is 14.3. The van der Waals surface area contributed by atoms with Crippen LogP contribution in [-0.2, 0) is 4.79 Å². The zero-order chi connectivity index (χ0) is 13.2. The van der Waals surface area contributed by atoms with Crippen molar-refractivity contribution in [3.63, 3.8) is 0 Å². The average molecular weight is 326 g/mol. The summed E-state index contributed by atoms with van der Waals surface area (Å²) in [7, 11) is 0. The van der Waals surface area contributed by atoms with Crippen LogP contribution >= 0.6 is 24.8 Å². The molecule has 4 nitrogen and oxygen atoms in total. The summed E-state index contributed by atoms with van der Waals surface area (Å²) in [5, 5.41) is 0. The van der Waals surface area contributed by atoms with Crippen LogP contribution in [0.1, 0.15) is 39.5 Å². The summed E-state index contributed by atoms with van der Waals surface area (Å²) in [5.41, 5.74) is 6.03. The Morgan fingerprint density at radius 1 is 1.20 bits per heavy atom. The monoisotopic (exact) mass is 325 g/mol. The fourth-order valence-corrected chi connectivity index (χ4v) is 3.27. The number of carbonyl (C=O) groups is 1. The third-order valence-electron chi connectivity index (χ3n) is 4.68. The van der Waals surface area contributed by atoms with E-state index in [9.17, 15) is 4.79 Å². The van der Waals surface area contributed by atoms with E-state index in [2.05, 4.69) is 18.7 Å². The zero-order valence-electron chi connectivity index (χ0n) is 12.6. The van der Waals surface area contributed by atoms with Gasteiger partial charge in [0.15, 0.2) is 0 Å². The highest BCUT2D eigenvalue weighted by Crippen LogP contribution is 2.33. The quantitative estimate of drug-likeness (QED) is 0.843. The summed E-state index contributed by atoms with van der Waals surface area (Å²) in [5.74, 6) is 0.342. The molecule has 2 fully saturated rings. The molecule has 2 unspecified atom stereocenters. The molecule has 120 valence electrons. The van der Waals surface area contributed by atoms with Crippen LogP contribution in [0.3, 0.4) is 0 Å². The summed E-state index contributed by atoms with van der Waals surface area (Å²) in [6.45, 7) is 9.08. The predicted molar refractivity (Wildman–Crippen MR) is 87.7 cm³/mol. The van der Waals surface area contributed by atoms with Gasteiger partial charge in [-0.05, 0) is 26.3 Å². The molecular formula is C14H29Cl2N3O. The topological polar surface area (TPSA) is 49.6 Å². The van der Waals surface area contributed by atoms with Crippen molar-refractivity contribution in [2.24, 2.45) is 11.7 Å². The molecule has 0 bridgehead atoms. The molecule has 2 N–H and O–H groups in total. The number of carbonyl (C=O) groups excluding carboxylic acids is 1. The minimum absolute atomic E-state index is 0. The van der Waals surface area contributed by atoms with E-state index in [0.717, 1.165) is 52.0 Å². The number of hydrogen-bond donors (Lipinski definition) is 1. The molecule has 0 aromatic carbocycles. The van der Waals surface area contributed by atoms with Crippen LogP contribution in [0.4, 0.5) is 0 Å². The van der Waals surface area contributed by atoms with Crippen molar-refractivity contribution in [1.29, 1.82) is 0 Å². The molecule has 2 atom stereocenters. The Hall–Kier alpha value is -0.0300. The second-order valence-electron chi connectivity index (χ2n) is 6.06. The first-order valence-electron chi connectivity index (χ1n) is 7.34. The van der Waals surface area contributed by atoms with Gasteiger partial charge in [0.2, 0.25) is 5.91 Å². The maximum absolute atomic E-state index is 12.6. The van der Waals surface area contributed by atoms with Crippen LogP contribution in [0.5, 0.6) is 0 Å². The van der Waals surface area contributed by atoms with E-state index in [1.165, 1.54) is 6.42 Å². The van der Waals surface area contributed by atoms with Gasteiger partial charge in [-0.15, -0.1) is 24.8 Å². The Labute approximate surface area is 135 Å². The number of halogens is 2. The van der Waals surface area contributed by atoms with Crippen molar-refractivity contribution in [3.05, 3.63) is 0 Å². The number of nitrogens with zero attached hydrogens (tertiary/aromatic N) is 2. The Kier molecular flexibility index (Phi) is 8.41. The van der Waals surface area contributed by atoms with Crippen molar-refractivity contribution >= 4 is 30.7 Å². The van der Waals surface area contributed by atoms with E-state index in [1.54, 1.807) is 0 Å². The summed E-state index contributed by atoms with van der Waals surface area (Å²) >= 11 is 0. The summed E-state index contributed by atoms with van der Waals surface area (Å²) in [6.07, 6.45) is 4.27. The van der Waals surface area contributed by atoms with E-state index in [1.807, 2.05) is 4.90 Å². The number of likely N-dealkylation sites (N-methyl/N-ethyl adjacent to an activating group) is 1. The second kappa shape index (κ2) is 8.42. The van der Waals surface area contributed by atoms with Gasteiger partial charge in [-0.25, -0.2) is 0 Å². The third kappa shape index (κ3) is 4.48. The Bertz CT molecular complexity index is 305. The van der Waals surface area contributed by atoms with Crippen LogP contribution in [0, 0.1) is 5.92 Å². The van der Waals surface area contributed by atoms with E-state index in [0.29, 0.717) is 5.91 Å². The molecule has 0 aromatic heterocycles.